The summed E-state index contributed by atoms with van der Waals surface area (Å²) in [7, 11) is 1.86. The van der Waals surface area contributed by atoms with Gasteiger partial charge in [-0.05, 0) is 12.5 Å². The molecule has 0 aliphatic heterocycles. The molecule has 0 saturated carbocycles. The smallest absolute Gasteiger partial charge is 0.222 e. The first-order valence-corrected chi connectivity index (χ1v) is 6.46. The van der Waals surface area contributed by atoms with Crippen LogP contribution in [-0.4, -0.2) is 17.0 Å². The van der Waals surface area contributed by atoms with Gasteiger partial charge in [-0.3, -0.25) is 0 Å². The minimum atomic E-state index is 0.519. The predicted molar refractivity (Wildman–Crippen MR) is 76.5 cm³/mol. The summed E-state index contributed by atoms with van der Waals surface area (Å²) >= 11 is 0. The number of benzene rings is 1. The monoisotopic (exact) mass is 257 g/mol. The number of anilines is 1. The number of ether oxygens (including phenoxy) is 1. The van der Waals surface area contributed by atoms with Crippen LogP contribution in [0.2, 0.25) is 0 Å². The summed E-state index contributed by atoms with van der Waals surface area (Å²) < 4.78 is 5.82. The third-order valence-electron chi connectivity index (χ3n) is 2.92. The Bertz CT molecular complexity index is 541. The Hall–Kier alpha value is -2.10. The lowest BCUT2D eigenvalue weighted by Gasteiger charge is -2.12. The van der Waals surface area contributed by atoms with E-state index in [1.165, 1.54) is 0 Å². The van der Waals surface area contributed by atoms with Crippen molar-refractivity contribution in [2.24, 2.45) is 0 Å². The van der Waals surface area contributed by atoms with Crippen molar-refractivity contribution < 1.29 is 4.74 Å². The quantitative estimate of drug-likeness (QED) is 0.894. The molecule has 2 rings (SSSR count). The summed E-state index contributed by atoms with van der Waals surface area (Å²) in [6.45, 7) is 4.52. The maximum atomic E-state index is 5.82. The van der Waals surface area contributed by atoms with Crippen LogP contribution < -0.4 is 10.1 Å². The van der Waals surface area contributed by atoms with Gasteiger partial charge >= 0.3 is 0 Å². The summed E-state index contributed by atoms with van der Waals surface area (Å²) in [5.41, 5.74) is 2.07. The van der Waals surface area contributed by atoms with Crippen molar-refractivity contribution in [1.82, 2.24) is 9.97 Å². The molecule has 19 heavy (non-hydrogen) atoms. The Balaban J connectivity index is 2.19. The van der Waals surface area contributed by atoms with Crippen molar-refractivity contribution in [3.05, 3.63) is 47.3 Å². The molecule has 0 atom stereocenters. The molecule has 0 amide bonds. The van der Waals surface area contributed by atoms with Gasteiger partial charge in [-0.25, -0.2) is 4.98 Å². The molecule has 4 heteroatoms. The molecule has 0 unspecified atom stereocenters. The highest BCUT2D eigenvalue weighted by atomic mass is 16.5. The number of rotatable bonds is 5. The van der Waals surface area contributed by atoms with Gasteiger partial charge in [-0.1, -0.05) is 37.3 Å². The van der Waals surface area contributed by atoms with Crippen LogP contribution >= 0.6 is 0 Å². The molecular formula is C15H19N3O. The molecule has 0 saturated heterocycles. The standard InChI is InChI=1S/C15H19N3O/c1-4-13-17-14(16-3)11(2)15(18-13)19-10-12-8-6-5-7-9-12/h5-9H,4,10H2,1-3H3,(H,16,17,18). The van der Waals surface area contributed by atoms with Crippen LogP contribution in [0.3, 0.4) is 0 Å². The third-order valence-corrected chi connectivity index (χ3v) is 2.92. The molecule has 0 aliphatic rings. The minimum absolute atomic E-state index is 0.519. The van der Waals surface area contributed by atoms with Crippen LogP contribution in [0.15, 0.2) is 30.3 Å². The van der Waals surface area contributed by atoms with Gasteiger partial charge in [-0.2, -0.15) is 4.98 Å². The summed E-state index contributed by atoms with van der Waals surface area (Å²) in [5, 5.41) is 3.08. The first-order valence-electron chi connectivity index (χ1n) is 6.46. The zero-order chi connectivity index (χ0) is 13.7. The van der Waals surface area contributed by atoms with Crippen molar-refractivity contribution in [3.63, 3.8) is 0 Å². The number of hydrogen-bond donors (Lipinski definition) is 1. The molecule has 1 heterocycles. The maximum Gasteiger partial charge on any atom is 0.222 e. The molecule has 0 fully saturated rings. The third kappa shape index (κ3) is 3.22. The average Bonchev–Trinajstić information content (AvgIpc) is 2.47. The molecule has 1 N–H and O–H groups in total. The van der Waals surface area contributed by atoms with E-state index < -0.39 is 0 Å². The van der Waals surface area contributed by atoms with Gasteiger partial charge in [0.2, 0.25) is 5.88 Å². The molecule has 0 spiro atoms. The van der Waals surface area contributed by atoms with E-state index in [0.29, 0.717) is 12.5 Å². The highest BCUT2D eigenvalue weighted by Gasteiger charge is 2.10. The van der Waals surface area contributed by atoms with E-state index in [1.807, 2.05) is 51.2 Å². The molecule has 100 valence electrons. The largest absolute Gasteiger partial charge is 0.472 e. The van der Waals surface area contributed by atoms with Crippen molar-refractivity contribution >= 4 is 5.82 Å². The molecule has 0 aliphatic carbocycles. The summed E-state index contributed by atoms with van der Waals surface area (Å²) in [4.78, 5) is 8.86. The lowest BCUT2D eigenvalue weighted by molar-refractivity contribution is 0.290. The molecular weight excluding hydrogens is 238 g/mol. The van der Waals surface area contributed by atoms with Crippen molar-refractivity contribution in [3.8, 4) is 5.88 Å². The van der Waals surface area contributed by atoms with E-state index in [1.54, 1.807) is 0 Å². The zero-order valence-corrected chi connectivity index (χ0v) is 11.6. The van der Waals surface area contributed by atoms with E-state index in [9.17, 15) is 0 Å². The van der Waals surface area contributed by atoms with Crippen LogP contribution in [0.1, 0.15) is 23.9 Å². The van der Waals surface area contributed by atoms with Crippen molar-refractivity contribution in [2.75, 3.05) is 12.4 Å². The first-order chi connectivity index (χ1) is 9.24. The molecule has 0 bridgehead atoms. The molecule has 2 aromatic rings. The second kappa shape index (κ2) is 6.18. The second-order valence-electron chi connectivity index (χ2n) is 4.30. The van der Waals surface area contributed by atoms with E-state index in [0.717, 1.165) is 29.2 Å². The molecule has 0 radical (unpaired) electrons. The summed E-state index contributed by atoms with van der Waals surface area (Å²) in [6.07, 6.45) is 0.788. The Morgan fingerprint density at radius 3 is 2.53 bits per heavy atom. The SMILES string of the molecule is CCc1nc(NC)c(C)c(OCc2ccccc2)n1. The minimum Gasteiger partial charge on any atom is -0.472 e. The topological polar surface area (TPSA) is 47.0 Å². The fourth-order valence-corrected chi connectivity index (χ4v) is 1.81. The van der Waals surface area contributed by atoms with Crippen molar-refractivity contribution in [2.45, 2.75) is 26.9 Å². The number of aromatic nitrogens is 2. The van der Waals surface area contributed by atoms with Crippen LogP contribution in [0, 0.1) is 6.92 Å². The highest BCUT2D eigenvalue weighted by Crippen LogP contribution is 2.22. The summed E-state index contributed by atoms with van der Waals surface area (Å²) in [6, 6.07) is 10.1. The molecule has 1 aromatic carbocycles. The van der Waals surface area contributed by atoms with Gasteiger partial charge in [0.25, 0.3) is 0 Å². The lowest BCUT2D eigenvalue weighted by Crippen LogP contribution is -2.07. The first kappa shape index (κ1) is 13.3. The van der Waals surface area contributed by atoms with Gasteiger partial charge in [0, 0.05) is 13.5 Å². The van der Waals surface area contributed by atoms with Crippen LogP contribution in [0.25, 0.3) is 0 Å². The Morgan fingerprint density at radius 2 is 1.89 bits per heavy atom. The highest BCUT2D eigenvalue weighted by molar-refractivity contribution is 5.48. The van der Waals surface area contributed by atoms with E-state index >= 15 is 0 Å². The molecule has 1 aromatic heterocycles. The van der Waals surface area contributed by atoms with Gasteiger partial charge in [-0.15, -0.1) is 0 Å². The number of hydrogen-bond acceptors (Lipinski definition) is 4. The molecule has 4 nitrogen and oxygen atoms in total. The maximum absolute atomic E-state index is 5.82. The predicted octanol–water partition coefficient (Wildman–Crippen LogP) is 2.97. The number of nitrogens with zero attached hydrogens (tertiary/aromatic N) is 2. The van der Waals surface area contributed by atoms with E-state index in [2.05, 4.69) is 15.3 Å². The Kier molecular flexibility index (Phi) is 4.34. The number of nitrogens with one attached hydrogen (secondary N) is 1. The summed E-state index contributed by atoms with van der Waals surface area (Å²) in [5.74, 6) is 2.27. The van der Waals surface area contributed by atoms with E-state index in [4.69, 9.17) is 4.74 Å². The van der Waals surface area contributed by atoms with Gasteiger partial charge in [0.1, 0.15) is 18.2 Å². The number of aryl methyl sites for hydroxylation is 1. The van der Waals surface area contributed by atoms with Crippen LogP contribution in [0.5, 0.6) is 5.88 Å². The van der Waals surface area contributed by atoms with Crippen LogP contribution in [0.4, 0.5) is 5.82 Å². The second-order valence-corrected chi connectivity index (χ2v) is 4.30. The Labute approximate surface area is 113 Å². The van der Waals surface area contributed by atoms with E-state index in [-0.39, 0.29) is 0 Å². The zero-order valence-electron chi connectivity index (χ0n) is 11.6. The van der Waals surface area contributed by atoms with Crippen LogP contribution in [-0.2, 0) is 13.0 Å². The fraction of sp³-hybridized carbons (Fsp3) is 0.333. The van der Waals surface area contributed by atoms with Gasteiger partial charge < -0.3 is 10.1 Å². The average molecular weight is 257 g/mol. The Morgan fingerprint density at radius 1 is 1.16 bits per heavy atom. The van der Waals surface area contributed by atoms with Gasteiger partial charge in [0.05, 0.1) is 5.56 Å². The van der Waals surface area contributed by atoms with Crippen molar-refractivity contribution in [1.29, 1.82) is 0 Å². The lowest BCUT2D eigenvalue weighted by atomic mass is 10.2. The fourth-order valence-electron chi connectivity index (χ4n) is 1.81. The normalized spacial score (nSPS) is 10.3. The van der Waals surface area contributed by atoms with Gasteiger partial charge in [0.15, 0.2) is 0 Å².